The van der Waals surface area contributed by atoms with Crippen LogP contribution in [0, 0.1) is 5.92 Å². The molecule has 0 aromatic carbocycles. The molecule has 1 heterocycles. The average molecular weight is 130 g/mol. The van der Waals surface area contributed by atoms with Crippen molar-refractivity contribution in [2.75, 3.05) is 13.2 Å². The van der Waals surface area contributed by atoms with E-state index < -0.39 is 6.10 Å². The first-order chi connectivity index (χ1) is 4.34. The van der Waals surface area contributed by atoms with Crippen LogP contribution in [-0.4, -0.2) is 30.7 Å². The van der Waals surface area contributed by atoms with Crippen molar-refractivity contribution in [1.82, 2.24) is 0 Å². The van der Waals surface area contributed by atoms with Gasteiger partial charge in [0.05, 0.1) is 18.6 Å². The van der Waals surface area contributed by atoms with Gasteiger partial charge in [0.2, 0.25) is 0 Å². The number of carbonyl (C=O) groups is 1. The zero-order valence-electron chi connectivity index (χ0n) is 5.12. The molecule has 0 saturated carbocycles. The number of aldehydes is 1. The lowest BCUT2D eigenvalue weighted by atomic mass is 10.0. The number of hydrogen-bond acceptors (Lipinski definition) is 3. The lowest BCUT2D eigenvalue weighted by Gasteiger charge is -2.22. The van der Waals surface area contributed by atoms with Gasteiger partial charge in [-0.05, 0) is 6.42 Å². The molecule has 3 nitrogen and oxygen atoms in total. The van der Waals surface area contributed by atoms with E-state index in [-0.39, 0.29) is 5.92 Å². The second-order valence-electron chi connectivity index (χ2n) is 2.23. The third-order valence-corrected chi connectivity index (χ3v) is 1.54. The Hall–Kier alpha value is -0.410. The first kappa shape index (κ1) is 6.71. The zero-order valence-corrected chi connectivity index (χ0v) is 5.12. The highest BCUT2D eigenvalue weighted by atomic mass is 16.5. The molecule has 1 fully saturated rings. The quantitative estimate of drug-likeness (QED) is 0.490. The van der Waals surface area contributed by atoms with Crippen molar-refractivity contribution >= 4 is 6.29 Å². The molecular weight excluding hydrogens is 120 g/mol. The normalized spacial score (nSPS) is 36.1. The average Bonchev–Trinajstić information content (AvgIpc) is 1.89. The monoisotopic (exact) mass is 130 g/mol. The van der Waals surface area contributed by atoms with Gasteiger partial charge in [-0.3, -0.25) is 0 Å². The van der Waals surface area contributed by atoms with Crippen molar-refractivity contribution in [3.63, 3.8) is 0 Å². The van der Waals surface area contributed by atoms with E-state index in [0.717, 1.165) is 6.29 Å². The van der Waals surface area contributed by atoms with Crippen LogP contribution in [0.25, 0.3) is 0 Å². The summed E-state index contributed by atoms with van der Waals surface area (Å²) in [6.07, 6.45) is 0.865. The maximum Gasteiger partial charge on any atom is 0.127 e. The molecule has 0 bridgehead atoms. The van der Waals surface area contributed by atoms with E-state index in [9.17, 15) is 4.79 Å². The minimum absolute atomic E-state index is 0.293. The Bertz CT molecular complexity index is 102. The molecule has 0 radical (unpaired) electrons. The Labute approximate surface area is 53.6 Å². The maximum atomic E-state index is 10.1. The third-order valence-electron chi connectivity index (χ3n) is 1.54. The summed E-state index contributed by atoms with van der Waals surface area (Å²) in [5.41, 5.74) is 0. The zero-order chi connectivity index (χ0) is 6.69. The van der Waals surface area contributed by atoms with Crippen LogP contribution in [0.1, 0.15) is 6.42 Å². The predicted molar refractivity (Wildman–Crippen MR) is 31.0 cm³/mol. The molecule has 0 spiro atoms. The number of ether oxygens (including phenoxy) is 1. The van der Waals surface area contributed by atoms with Crippen LogP contribution in [0.15, 0.2) is 0 Å². The minimum atomic E-state index is -0.476. The molecule has 52 valence electrons. The Kier molecular flexibility index (Phi) is 2.19. The highest BCUT2D eigenvalue weighted by molar-refractivity contribution is 5.54. The van der Waals surface area contributed by atoms with Crippen LogP contribution in [0.2, 0.25) is 0 Å². The Morgan fingerprint density at radius 2 is 2.44 bits per heavy atom. The van der Waals surface area contributed by atoms with Gasteiger partial charge in [-0.2, -0.15) is 0 Å². The standard InChI is InChI=1S/C6H10O3/c7-3-5-4-9-2-1-6(5)8/h3,5-6,8H,1-2,4H2. The van der Waals surface area contributed by atoms with Gasteiger partial charge in [-0.1, -0.05) is 0 Å². The molecule has 0 aromatic heterocycles. The molecule has 1 rings (SSSR count). The molecular formula is C6H10O3. The van der Waals surface area contributed by atoms with Crippen molar-refractivity contribution in [1.29, 1.82) is 0 Å². The van der Waals surface area contributed by atoms with E-state index in [1.807, 2.05) is 0 Å². The van der Waals surface area contributed by atoms with Crippen molar-refractivity contribution in [3.8, 4) is 0 Å². The highest BCUT2D eigenvalue weighted by Crippen LogP contribution is 2.11. The fraction of sp³-hybridized carbons (Fsp3) is 0.833. The van der Waals surface area contributed by atoms with E-state index in [4.69, 9.17) is 9.84 Å². The molecule has 2 unspecified atom stereocenters. The van der Waals surface area contributed by atoms with E-state index in [2.05, 4.69) is 0 Å². The van der Waals surface area contributed by atoms with Crippen LogP contribution < -0.4 is 0 Å². The summed E-state index contributed by atoms with van der Waals surface area (Å²) >= 11 is 0. The fourth-order valence-electron chi connectivity index (χ4n) is 0.879. The van der Waals surface area contributed by atoms with Gasteiger partial charge in [0.1, 0.15) is 6.29 Å². The molecule has 3 heteroatoms. The largest absolute Gasteiger partial charge is 0.392 e. The summed E-state index contributed by atoms with van der Waals surface area (Å²) in [5.74, 6) is -0.293. The first-order valence-electron chi connectivity index (χ1n) is 3.05. The van der Waals surface area contributed by atoms with Gasteiger partial charge in [-0.25, -0.2) is 0 Å². The number of rotatable bonds is 1. The Morgan fingerprint density at radius 3 is 2.89 bits per heavy atom. The first-order valence-corrected chi connectivity index (χ1v) is 3.05. The summed E-state index contributed by atoms with van der Waals surface area (Å²) < 4.78 is 4.95. The van der Waals surface area contributed by atoms with Crippen molar-refractivity contribution in [3.05, 3.63) is 0 Å². The van der Waals surface area contributed by atoms with Gasteiger partial charge >= 0.3 is 0 Å². The van der Waals surface area contributed by atoms with E-state index in [1.165, 1.54) is 0 Å². The summed E-state index contributed by atoms with van der Waals surface area (Å²) in [6.45, 7) is 0.955. The van der Waals surface area contributed by atoms with Crippen LogP contribution >= 0.6 is 0 Å². The van der Waals surface area contributed by atoms with Gasteiger partial charge < -0.3 is 14.6 Å². The lowest BCUT2D eigenvalue weighted by Crippen LogP contribution is -2.32. The topological polar surface area (TPSA) is 46.5 Å². The molecule has 1 saturated heterocycles. The van der Waals surface area contributed by atoms with Crippen LogP contribution in [-0.2, 0) is 9.53 Å². The summed E-state index contributed by atoms with van der Waals surface area (Å²) in [7, 11) is 0. The number of carbonyl (C=O) groups excluding carboxylic acids is 1. The maximum absolute atomic E-state index is 10.1. The van der Waals surface area contributed by atoms with Crippen molar-refractivity contribution in [2.24, 2.45) is 5.92 Å². The second-order valence-corrected chi connectivity index (χ2v) is 2.23. The van der Waals surface area contributed by atoms with E-state index in [1.54, 1.807) is 0 Å². The SMILES string of the molecule is O=CC1COCCC1O. The summed E-state index contributed by atoms with van der Waals surface area (Å²) in [5, 5.41) is 9.06. The molecule has 9 heavy (non-hydrogen) atoms. The fourth-order valence-corrected chi connectivity index (χ4v) is 0.879. The van der Waals surface area contributed by atoms with Crippen LogP contribution in [0.4, 0.5) is 0 Å². The van der Waals surface area contributed by atoms with E-state index >= 15 is 0 Å². The highest BCUT2D eigenvalue weighted by Gasteiger charge is 2.22. The smallest absolute Gasteiger partial charge is 0.127 e. The lowest BCUT2D eigenvalue weighted by molar-refractivity contribution is -0.121. The molecule has 0 amide bonds. The molecule has 1 aliphatic heterocycles. The van der Waals surface area contributed by atoms with Gasteiger partial charge in [0.25, 0.3) is 0 Å². The molecule has 2 atom stereocenters. The Morgan fingerprint density at radius 1 is 1.67 bits per heavy atom. The number of aliphatic hydroxyl groups is 1. The molecule has 1 N–H and O–H groups in total. The van der Waals surface area contributed by atoms with Gasteiger partial charge in [0, 0.05) is 6.61 Å². The van der Waals surface area contributed by atoms with Crippen molar-refractivity contribution < 1.29 is 14.6 Å². The Balaban J connectivity index is 2.38. The van der Waals surface area contributed by atoms with Crippen LogP contribution in [0.5, 0.6) is 0 Å². The third kappa shape index (κ3) is 1.50. The second kappa shape index (κ2) is 2.94. The molecule has 0 aromatic rings. The van der Waals surface area contributed by atoms with Gasteiger partial charge in [-0.15, -0.1) is 0 Å². The van der Waals surface area contributed by atoms with Crippen LogP contribution in [0.3, 0.4) is 0 Å². The van der Waals surface area contributed by atoms with E-state index in [0.29, 0.717) is 19.6 Å². The predicted octanol–water partition coefficient (Wildman–Crippen LogP) is -0.417. The number of aliphatic hydroxyl groups excluding tert-OH is 1. The molecule has 0 aliphatic carbocycles. The number of hydrogen-bond donors (Lipinski definition) is 1. The summed E-state index contributed by atoms with van der Waals surface area (Å²) in [6, 6.07) is 0. The van der Waals surface area contributed by atoms with Gasteiger partial charge in [0.15, 0.2) is 0 Å². The van der Waals surface area contributed by atoms with Crippen molar-refractivity contribution in [2.45, 2.75) is 12.5 Å². The molecule has 1 aliphatic rings. The minimum Gasteiger partial charge on any atom is -0.392 e. The summed E-state index contributed by atoms with van der Waals surface area (Å²) in [4.78, 5) is 10.1.